The first-order valence-corrected chi connectivity index (χ1v) is 8.95. The lowest BCUT2D eigenvalue weighted by molar-refractivity contribution is -0.139. The number of ether oxygens (including phenoxy) is 2. The highest BCUT2D eigenvalue weighted by Crippen LogP contribution is 2.30. The third-order valence-corrected chi connectivity index (χ3v) is 4.31. The van der Waals surface area contributed by atoms with Crippen molar-refractivity contribution in [3.8, 4) is 5.75 Å². The quantitative estimate of drug-likeness (QED) is 0.424. The fraction of sp³-hybridized carbons (Fsp3) is 0.100. The van der Waals surface area contributed by atoms with Crippen LogP contribution in [0.3, 0.4) is 0 Å². The smallest absolute Gasteiger partial charge is 0.347 e. The minimum absolute atomic E-state index is 0.0194. The maximum absolute atomic E-state index is 12.7. The third-order valence-electron chi connectivity index (χ3n) is 3.67. The maximum Gasteiger partial charge on any atom is 0.347 e. The van der Waals surface area contributed by atoms with Gasteiger partial charge in [0.2, 0.25) is 11.7 Å². The number of benzene rings is 2. The van der Waals surface area contributed by atoms with Crippen molar-refractivity contribution < 1.29 is 24.2 Å². The van der Waals surface area contributed by atoms with E-state index in [2.05, 4.69) is 21.2 Å². The predicted molar refractivity (Wildman–Crippen MR) is 104 cm³/mol. The molecule has 2 aromatic rings. The second-order valence-electron chi connectivity index (χ2n) is 5.57. The van der Waals surface area contributed by atoms with Crippen molar-refractivity contribution in [3.05, 3.63) is 75.8 Å². The zero-order chi connectivity index (χ0) is 19.4. The van der Waals surface area contributed by atoms with Crippen LogP contribution in [0, 0.1) is 0 Å². The van der Waals surface area contributed by atoms with Crippen LogP contribution < -0.4 is 5.32 Å². The van der Waals surface area contributed by atoms with Gasteiger partial charge in [-0.15, -0.1) is 0 Å². The molecule has 0 saturated carbocycles. The number of aromatic hydroxyl groups is 1. The second kappa shape index (κ2) is 8.09. The number of hydrogen-bond acceptors (Lipinski definition) is 6. The van der Waals surface area contributed by atoms with Crippen molar-refractivity contribution in [2.24, 2.45) is 0 Å². The Morgan fingerprint density at radius 1 is 1.26 bits per heavy atom. The van der Waals surface area contributed by atoms with E-state index < -0.39 is 11.8 Å². The lowest BCUT2D eigenvalue weighted by Crippen LogP contribution is -2.16. The van der Waals surface area contributed by atoms with Gasteiger partial charge in [0.1, 0.15) is 5.75 Å². The number of carbonyl (C=O) groups is 2. The van der Waals surface area contributed by atoms with Crippen molar-refractivity contribution in [1.82, 2.24) is 0 Å². The summed E-state index contributed by atoms with van der Waals surface area (Å²) in [6.07, 6.45) is 1.49. The van der Waals surface area contributed by atoms with Crippen molar-refractivity contribution in [2.45, 2.75) is 6.92 Å². The molecule has 1 aliphatic heterocycles. The number of ketones is 1. The van der Waals surface area contributed by atoms with E-state index in [-0.39, 0.29) is 29.6 Å². The number of anilines is 1. The van der Waals surface area contributed by atoms with E-state index in [0.717, 1.165) is 0 Å². The van der Waals surface area contributed by atoms with Gasteiger partial charge in [-0.1, -0.05) is 24.3 Å². The molecule has 0 aromatic heterocycles. The van der Waals surface area contributed by atoms with Gasteiger partial charge in [0.05, 0.1) is 11.1 Å². The summed E-state index contributed by atoms with van der Waals surface area (Å²) in [6.45, 7) is 1.80. The summed E-state index contributed by atoms with van der Waals surface area (Å²) in [4.78, 5) is 25.0. The van der Waals surface area contributed by atoms with Crippen LogP contribution in [-0.2, 0) is 19.1 Å². The van der Waals surface area contributed by atoms with Gasteiger partial charge in [0.25, 0.3) is 0 Å². The number of Topliss-reactive ketones (excluding diaryl/α,β-unsaturated/α-hetero) is 1. The largest absolute Gasteiger partial charge is 0.507 e. The Morgan fingerprint density at radius 2 is 2.00 bits per heavy atom. The average molecular weight is 430 g/mol. The summed E-state index contributed by atoms with van der Waals surface area (Å²) >= 11 is 3.22. The first-order valence-electron chi connectivity index (χ1n) is 8.16. The highest BCUT2D eigenvalue weighted by molar-refractivity contribution is 9.10. The number of hydrogen-bond donors (Lipinski definition) is 2. The number of phenols is 1. The molecule has 0 radical (unpaired) electrons. The van der Waals surface area contributed by atoms with Crippen LogP contribution in [-0.4, -0.2) is 23.5 Å². The van der Waals surface area contributed by atoms with E-state index >= 15 is 0 Å². The zero-order valence-electron chi connectivity index (χ0n) is 14.4. The predicted octanol–water partition coefficient (Wildman–Crippen LogP) is 3.98. The molecule has 7 heteroatoms. The molecule has 2 N–H and O–H groups in total. The van der Waals surface area contributed by atoms with Gasteiger partial charge in [-0.05, 0) is 58.8 Å². The highest BCUT2D eigenvalue weighted by Gasteiger charge is 2.37. The molecule has 6 nitrogen and oxygen atoms in total. The lowest BCUT2D eigenvalue weighted by Gasteiger charge is -2.08. The molecule has 138 valence electrons. The average Bonchev–Trinajstić information content (AvgIpc) is 2.94. The molecule has 0 atom stereocenters. The van der Waals surface area contributed by atoms with Crippen LogP contribution >= 0.6 is 15.9 Å². The Morgan fingerprint density at radius 3 is 2.67 bits per heavy atom. The van der Waals surface area contributed by atoms with Crippen LogP contribution in [0.2, 0.25) is 0 Å². The Balaban J connectivity index is 1.95. The molecule has 0 saturated heterocycles. The van der Waals surface area contributed by atoms with E-state index in [1.165, 1.54) is 12.1 Å². The van der Waals surface area contributed by atoms with Gasteiger partial charge in [0, 0.05) is 5.69 Å². The standard InChI is InChI=1S/C20H16BrNO5/c1-2-26-20(25)17-18(24)16(11-12-8-9-15(23)14(21)10-12)27-19(17)22-13-6-4-3-5-7-13/h3-11,22-23H,2H2,1H3. The number of carbonyl (C=O) groups excluding carboxylic acids is 2. The molecule has 1 aliphatic rings. The molecule has 0 unspecified atom stereocenters. The van der Waals surface area contributed by atoms with Crippen molar-refractivity contribution in [1.29, 1.82) is 0 Å². The topological polar surface area (TPSA) is 84.9 Å². The monoisotopic (exact) mass is 429 g/mol. The van der Waals surface area contributed by atoms with Crippen LogP contribution in [0.4, 0.5) is 5.69 Å². The van der Waals surface area contributed by atoms with Crippen molar-refractivity contribution in [2.75, 3.05) is 11.9 Å². The van der Waals surface area contributed by atoms with Crippen LogP contribution in [0.5, 0.6) is 5.75 Å². The van der Waals surface area contributed by atoms with Gasteiger partial charge in [-0.2, -0.15) is 0 Å². The zero-order valence-corrected chi connectivity index (χ0v) is 15.9. The number of phenolic OH excluding ortho intramolecular Hbond substituents is 1. The molecule has 0 fully saturated rings. The Labute approximate surface area is 164 Å². The number of para-hydroxylation sites is 1. The van der Waals surface area contributed by atoms with E-state index in [1.54, 1.807) is 31.2 Å². The Kier molecular flexibility index (Phi) is 5.61. The number of nitrogens with one attached hydrogen (secondary N) is 1. The number of halogens is 1. The summed E-state index contributed by atoms with van der Waals surface area (Å²) in [6, 6.07) is 13.8. The molecule has 2 aromatic carbocycles. The first kappa shape index (κ1) is 18.7. The van der Waals surface area contributed by atoms with E-state index in [9.17, 15) is 14.7 Å². The lowest BCUT2D eigenvalue weighted by atomic mass is 10.1. The summed E-state index contributed by atoms with van der Waals surface area (Å²) < 4.78 is 11.1. The summed E-state index contributed by atoms with van der Waals surface area (Å²) in [7, 11) is 0. The molecular formula is C20H16BrNO5. The van der Waals surface area contributed by atoms with Gasteiger partial charge < -0.3 is 19.9 Å². The molecule has 0 aliphatic carbocycles. The molecule has 1 heterocycles. The van der Waals surface area contributed by atoms with Gasteiger partial charge in [0.15, 0.2) is 11.3 Å². The first-order chi connectivity index (χ1) is 13.0. The SMILES string of the molecule is CCOC(=O)C1=C(Nc2ccccc2)OC(=Cc2ccc(O)c(Br)c2)C1=O. The van der Waals surface area contributed by atoms with Crippen molar-refractivity contribution >= 4 is 39.4 Å². The Bertz CT molecular complexity index is 950. The molecule has 0 amide bonds. The molecule has 27 heavy (non-hydrogen) atoms. The highest BCUT2D eigenvalue weighted by atomic mass is 79.9. The van der Waals surface area contributed by atoms with Crippen LogP contribution in [0.15, 0.2) is 70.2 Å². The van der Waals surface area contributed by atoms with Crippen LogP contribution in [0.25, 0.3) is 6.08 Å². The third kappa shape index (κ3) is 4.20. The summed E-state index contributed by atoms with van der Waals surface area (Å²) in [5.41, 5.74) is 1.09. The molecule has 0 bridgehead atoms. The van der Waals surface area contributed by atoms with Crippen LogP contribution in [0.1, 0.15) is 12.5 Å². The fourth-order valence-corrected chi connectivity index (χ4v) is 2.82. The van der Waals surface area contributed by atoms with Gasteiger partial charge in [-0.3, -0.25) is 4.79 Å². The maximum atomic E-state index is 12.7. The summed E-state index contributed by atoms with van der Waals surface area (Å²) in [5.74, 6) is -1.25. The van der Waals surface area contributed by atoms with Crippen molar-refractivity contribution in [3.63, 3.8) is 0 Å². The fourth-order valence-electron chi connectivity index (χ4n) is 2.42. The van der Waals surface area contributed by atoms with E-state index in [4.69, 9.17) is 9.47 Å². The number of allylic oxidation sites excluding steroid dienone is 1. The Hall–Kier alpha value is -3.06. The van der Waals surface area contributed by atoms with E-state index in [1.807, 2.05) is 18.2 Å². The molecule has 3 rings (SSSR count). The summed E-state index contributed by atoms with van der Waals surface area (Å²) in [5, 5.41) is 12.5. The van der Waals surface area contributed by atoms with Gasteiger partial charge in [-0.25, -0.2) is 4.79 Å². The minimum atomic E-state index is -0.754. The second-order valence-corrected chi connectivity index (χ2v) is 6.42. The van der Waals surface area contributed by atoms with Gasteiger partial charge >= 0.3 is 5.97 Å². The van der Waals surface area contributed by atoms with E-state index in [0.29, 0.717) is 15.7 Å². The molecule has 0 spiro atoms. The molecular weight excluding hydrogens is 414 g/mol. The normalized spacial score (nSPS) is 15.0. The number of esters is 1. The minimum Gasteiger partial charge on any atom is -0.507 e. The number of rotatable bonds is 5.